The van der Waals surface area contributed by atoms with Gasteiger partial charge in [-0.3, -0.25) is 0 Å². The van der Waals surface area contributed by atoms with Gasteiger partial charge in [0.05, 0.1) is 0 Å². The highest BCUT2D eigenvalue weighted by molar-refractivity contribution is 5.38. The lowest BCUT2D eigenvalue weighted by atomic mass is 9.67. The van der Waals surface area contributed by atoms with E-state index in [1.165, 1.54) is 25.8 Å². The van der Waals surface area contributed by atoms with Gasteiger partial charge in [0, 0.05) is 0 Å². The first kappa shape index (κ1) is 12.5. The average molecular weight is 207 g/mol. The second-order valence-corrected chi connectivity index (χ2v) is 5.56. The van der Waals surface area contributed by atoms with Crippen LogP contribution in [0.4, 0.5) is 0 Å². The van der Waals surface area contributed by atoms with Crippen molar-refractivity contribution in [1.29, 1.82) is 0 Å². The Morgan fingerprint density at radius 2 is 2.00 bits per heavy atom. The Bertz CT molecular complexity index is 269. The van der Waals surface area contributed by atoms with Crippen LogP contribution >= 0.6 is 0 Å². The van der Waals surface area contributed by atoms with Gasteiger partial charge in [0.15, 0.2) is 0 Å². The van der Waals surface area contributed by atoms with Gasteiger partial charge >= 0.3 is 0 Å². The van der Waals surface area contributed by atoms with Crippen LogP contribution in [0.5, 0.6) is 0 Å². The van der Waals surface area contributed by atoms with E-state index in [9.17, 15) is 0 Å². The molecular formula is C14H25N. The highest BCUT2D eigenvalue weighted by atomic mass is 15.0. The monoisotopic (exact) mass is 207 g/mol. The highest BCUT2D eigenvalue weighted by Crippen LogP contribution is 2.45. The number of hydrogen-bond donors (Lipinski definition) is 0. The first-order valence-electron chi connectivity index (χ1n) is 5.95. The molecule has 0 radical (unpaired) electrons. The van der Waals surface area contributed by atoms with Crippen molar-refractivity contribution in [2.45, 2.75) is 40.0 Å². The Labute approximate surface area is 94.9 Å². The number of allylic oxidation sites excluding steroid dienone is 4. The molecule has 86 valence electrons. The average Bonchev–Trinajstić information content (AvgIpc) is 2.14. The fraction of sp³-hybridized carbons (Fsp3) is 0.714. The minimum atomic E-state index is 0.462. The molecule has 0 atom stereocenters. The number of hydrogen-bond acceptors (Lipinski definition) is 1. The lowest BCUT2D eigenvalue weighted by molar-refractivity contribution is 0.385. The maximum absolute atomic E-state index is 2.33. The molecule has 0 bridgehead atoms. The van der Waals surface area contributed by atoms with E-state index < -0.39 is 0 Å². The lowest BCUT2D eigenvalue weighted by Gasteiger charge is -2.38. The third-order valence-corrected chi connectivity index (χ3v) is 3.42. The quantitative estimate of drug-likeness (QED) is 0.622. The zero-order valence-electron chi connectivity index (χ0n) is 10.9. The van der Waals surface area contributed by atoms with Gasteiger partial charge in [-0.2, -0.15) is 0 Å². The molecule has 0 saturated heterocycles. The largest absolute Gasteiger partial charge is 0.309 e. The molecule has 1 nitrogen and oxygen atoms in total. The standard InChI is InChI=1S/C14H25N/c1-12-13(11-14(12,2)3)9-7-6-8-10-15(4)5/h7,9H,6,8,10-11H2,1-5H3/b9-7-. The third-order valence-electron chi connectivity index (χ3n) is 3.42. The van der Waals surface area contributed by atoms with Crippen molar-refractivity contribution in [2.75, 3.05) is 20.6 Å². The second kappa shape index (κ2) is 4.98. The van der Waals surface area contributed by atoms with Crippen LogP contribution in [-0.2, 0) is 0 Å². The minimum Gasteiger partial charge on any atom is -0.309 e. The van der Waals surface area contributed by atoms with Gasteiger partial charge in [-0.1, -0.05) is 31.6 Å². The van der Waals surface area contributed by atoms with Crippen LogP contribution in [0.25, 0.3) is 0 Å². The number of rotatable bonds is 5. The molecule has 1 heteroatoms. The van der Waals surface area contributed by atoms with Crippen LogP contribution in [0.3, 0.4) is 0 Å². The molecule has 15 heavy (non-hydrogen) atoms. The number of unbranched alkanes of at least 4 members (excludes halogenated alkanes) is 1. The van der Waals surface area contributed by atoms with Gasteiger partial charge in [0.25, 0.3) is 0 Å². The van der Waals surface area contributed by atoms with E-state index in [4.69, 9.17) is 0 Å². The molecule has 0 amide bonds. The van der Waals surface area contributed by atoms with E-state index in [-0.39, 0.29) is 0 Å². The van der Waals surface area contributed by atoms with Crippen molar-refractivity contribution in [3.8, 4) is 0 Å². The van der Waals surface area contributed by atoms with Crippen molar-refractivity contribution in [3.05, 3.63) is 23.3 Å². The molecule has 0 aromatic heterocycles. The molecule has 0 aliphatic heterocycles. The Morgan fingerprint density at radius 1 is 1.33 bits per heavy atom. The molecule has 0 spiro atoms. The second-order valence-electron chi connectivity index (χ2n) is 5.56. The molecule has 0 aromatic carbocycles. The lowest BCUT2D eigenvalue weighted by Crippen LogP contribution is -2.24. The van der Waals surface area contributed by atoms with E-state index in [0.717, 1.165) is 0 Å². The fourth-order valence-corrected chi connectivity index (χ4v) is 2.00. The van der Waals surface area contributed by atoms with E-state index in [1.54, 1.807) is 11.1 Å². The summed E-state index contributed by atoms with van der Waals surface area (Å²) < 4.78 is 0. The van der Waals surface area contributed by atoms with Crippen LogP contribution in [0.2, 0.25) is 0 Å². The maximum Gasteiger partial charge on any atom is -0.00219 e. The normalized spacial score (nSPS) is 20.1. The van der Waals surface area contributed by atoms with Crippen molar-refractivity contribution in [1.82, 2.24) is 4.90 Å². The van der Waals surface area contributed by atoms with Gasteiger partial charge in [-0.05, 0) is 57.8 Å². The van der Waals surface area contributed by atoms with Gasteiger partial charge in [0.2, 0.25) is 0 Å². The molecule has 1 aliphatic rings. The molecule has 0 aromatic rings. The first-order chi connectivity index (χ1) is 6.93. The molecule has 0 N–H and O–H groups in total. The summed E-state index contributed by atoms with van der Waals surface area (Å²) in [5.41, 5.74) is 3.60. The zero-order chi connectivity index (χ0) is 11.5. The molecule has 0 saturated carbocycles. The van der Waals surface area contributed by atoms with Crippen LogP contribution in [0.1, 0.15) is 40.0 Å². The Hall–Kier alpha value is -0.560. The predicted molar refractivity (Wildman–Crippen MR) is 68.0 cm³/mol. The van der Waals surface area contributed by atoms with E-state index in [2.05, 4.69) is 51.9 Å². The van der Waals surface area contributed by atoms with Crippen LogP contribution in [0, 0.1) is 5.41 Å². The summed E-state index contributed by atoms with van der Waals surface area (Å²) in [5.74, 6) is 0. The number of nitrogens with zero attached hydrogens (tertiary/aromatic N) is 1. The summed E-state index contributed by atoms with van der Waals surface area (Å²) in [6.07, 6.45) is 8.38. The Balaban J connectivity index is 2.26. The van der Waals surface area contributed by atoms with Gasteiger partial charge in [-0.15, -0.1) is 0 Å². The van der Waals surface area contributed by atoms with Crippen LogP contribution in [-0.4, -0.2) is 25.5 Å². The zero-order valence-corrected chi connectivity index (χ0v) is 10.9. The summed E-state index contributed by atoms with van der Waals surface area (Å²) in [7, 11) is 4.26. The van der Waals surface area contributed by atoms with Gasteiger partial charge in [-0.25, -0.2) is 0 Å². The highest BCUT2D eigenvalue weighted by Gasteiger charge is 2.31. The van der Waals surface area contributed by atoms with E-state index in [1.807, 2.05) is 0 Å². The minimum absolute atomic E-state index is 0.462. The van der Waals surface area contributed by atoms with Crippen LogP contribution < -0.4 is 0 Å². The topological polar surface area (TPSA) is 3.24 Å². The summed E-state index contributed by atoms with van der Waals surface area (Å²) >= 11 is 0. The summed E-state index contributed by atoms with van der Waals surface area (Å²) in [5, 5.41) is 0. The maximum atomic E-state index is 2.33. The molecule has 0 heterocycles. The van der Waals surface area contributed by atoms with Crippen molar-refractivity contribution in [2.24, 2.45) is 5.41 Å². The third kappa shape index (κ3) is 3.49. The Kier molecular flexibility index (Phi) is 4.15. The van der Waals surface area contributed by atoms with Crippen molar-refractivity contribution < 1.29 is 0 Å². The molecule has 0 fully saturated rings. The van der Waals surface area contributed by atoms with E-state index >= 15 is 0 Å². The van der Waals surface area contributed by atoms with Crippen molar-refractivity contribution >= 4 is 0 Å². The molecule has 1 rings (SSSR count). The molecule has 1 aliphatic carbocycles. The van der Waals surface area contributed by atoms with Gasteiger partial charge in [0.1, 0.15) is 0 Å². The first-order valence-corrected chi connectivity index (χ1v) is 5.95. The van der Waals surface area contributed by atoms with Crippen LogP contribution in [0.15, 0.2) is 23.3 Å². The fourth-order valence-electron chi connectivity index (χ4n) is 2.00. The predicted octanol–water partition coefficient (Wildman–Crippen LogP) is 3.63. The SMILES string of the molecule is CC1=C(/C=C\CCCN(C)C)CC1(C)C. The summed E-state index contributed by atoms with van der Waals surface area (Å²) in [6.45, 7) is 8.11. The summed E-state index contributed by atoms with van der Waals surface area (Å²) in [4.78, 5) is 2.24. The van der Waals surface area contributed by atoms with E-state index in [0.29, 0.717) is 5.41 Å². The summed E-state index contributed by atoms with van der Waals surface area (Å²) in [6, 6.07) is 0. The molecular weight excluding hydrogens is 182 g/mol. The van der Waals surface area contributed by atoms with Gasteiger partial charge < -0.3 is 4.90 Å². The smallest absolute Gasteiger partial charge is 0.00219 e. The Morgan fingerprint density at radius 3 is 2.47 bits per heavy atom. The molecule has 0 unspecified atom stereocenters. The van der Waals surface area contributed by atoms with Crippen molar-refractivity contribution in [3.63, 3.8) is 0 Å².